The summed E-state index contributed by atoms with van der Waals surface area (Å²) in [4.78, 5) is 30.0. The molecule has 0 saturated carbocycles. The van der Waals surface area contributed by atoms with Gasteiger partial charge in [-0.1, -0.05) is 35.3 Å². The number of carbonyl (C=O) groups is 2. The van der Waals surface area contributed by atoms with Crippen molar-refractivity contribution in [2.75, 3.05) is 4.90 Å². The smallest absolute Gasteiger partial charge is 0.266 e. The van der Waals surface area contributed by atoms with Crippen LogP contribution in [0.3, 0.4) is 0 Å². The highest BCUT2D eigenvalue weighted by molar-refractivity contribution is 6.40. The van der Waals surface area contributed by atoms with Crippen LogP contribution >= 0.6 is 23.2 Å². The van der Waals surface area contributed by atoms with E-state index in [9.17, 15) is 9.59 Å². The topological polar surface area (TPSA) is 55.2 Å². The molecular formula is C17H9Cl2N3O2. The Bertz CT molecular complexity index is 945. The van der Waals surface area contributed by atoms with Gasteiger partial charge in [-0.15, -0.1) is 0 Å². The number of benzene rings is 2. The van der Waals surface area contributed by atoms with Crippen LogP contribution in [0.4, 0.5) is 5.69 Å². The average Bonchev–Trinajstić information content (AvgIpc) is 3.07. The Morgan fingerprint density at radius 1 is 0.792 bits per heavy atom. The number of imide groups is 1. The molecule has 2 aromatic carbocycles. The minimum atomic E-state index is -0.327. The van der Waals surface area contributed by atoms with Crippen LogP contribution in [0.25, 0.3) is 5.69 Å². The zero-order valence-corrected chi connectivity index (χ0v) is 13.6. The first-order valence-corrected chi connectivity index (χ1v) is 7.80. The van der Waals surface area contributed by atoms with Gasteiger partial charge in [0, 0.05) is 5.69 Å². The largest absolute Gasteiger partial charge is 0.288 e. The second-order valence-electron chi connectivity index (χ2n) is 5.20. The van der Waals surface area contributed by atoms with Gasteiger partial charge in [0.1, 0.15) is 6.33 Å². The fraction of sp³-hybridized carbons (Fsp3) is 0. The Balaban J connectivity index is 1.71. The second kappa shape index (κ2) is 5.47. The zero-order chi connectivity index (χ0) is 16.8. The number of hydrogen-bond donors (Lipinski definition) is 0. The van der Waals surface area contributed by atoms with Gasteiger partial charge >= 0.3 is 0 Å². The Hall–Kier alpha value is -2.63. The highest BCUT2D eigenvalue weighted by Gasteiger charge is 2.36. The van der Waals surface area contributed by atoms with E-state index in [2.05, 4.69) is 4.98 Å². The number of nitrogens with zero attached hydrogens (tertiary/aromatic N) is 3. The Kier molecular flexibility index (Phi) is 3.40. The molecule has 0 N–H and O–H groups in total. The minimum absolute atomic E-state index is 0.209. The summed E-state index contributed by atoms with van der Waals surface area (Å²) in [6.45, 7) is 0. The van der Waals surface area contributed by atoms with E-state index in [4.69, 9.17) is 23.2 Å². The summed E-state index contributed by atoms with van der Waals surface area (Å²) in [6.07, 6.45) is 1.50. The molecule has 0 unspecified atom stereocenters. The van der Waals surface area contributed by atoms with Crippen LogP contribution in [-0.2, 0) is 0 Å². The number of hydrogen-bond acceptors (Lipinski definition) is 3. The fourth-order valence-electron chi connectivity index (χ4n) is 2.68. The summed E-state index contributed by atoms with van der Waals surface area (Å²) >= 11 is 11.9. The maximum absolute atomic E-state index is 12.5. The molecule has 5 nitrogen and oxygen atoms in total. The van der Waals surface area contributed by atoms with E-state index in [1.807, 2.05) is 0 Å². The van der Waals surface area contributed by atoms with Crippen molar-refractivity contribution in [1.82, 2.24) is 9.55 Å². The normalized spacial score (nSPS) is 13.5. The molecule has 7 heteroatoms. The number of fused-ring (bicyclic) bond motifs is 1. The predicted octanol–water partition coefficient (Wildman–Crippen LogP) is 3.98. The molecule has 0 fully saturated rings. The first-order chi connectivity index (χ1) is 11.6. The maximum Gasteiger partial charge on any atom is 0.266 e. The predicted molar refractivity (Wildman–Crippen MR) is 91.2 cm³/mol. The van der Waals surface area contributed by atoms with Crippen LogP contribution in [0.5, 0.6) is 0 Å². The van der Waals surface area contributed by atoms with E-state index in [1.54, 1.807) is 53.1 Å². The van der Waals surface area contributed by atoms with Gasteiger partial charge in [0.2, 0.25) is 0 Å². The zero-order valence-electron chi connectivity index (χ0n) is 12.1. The minimum Gasteiger partial charge on any atom is -0.288 e. The van der Waals surface area contributed by atoms with Crippen molar-refractivity contribution >= 4 is 40.7 Å². The number of imidazole rings is 1. The highest BCUT2D eigenvalue weighted by atomic mass is 35.5. The first kappa shape index (κ1) is 14.9. The van der Waals surface area contributed by atoms with Crippen molar-refractivity contribution in [1.29, 1.82) is 0 Å². The molecule has 0 aliphatic carbocycles. The van der Waals surface area contributed by atoms with Crippen molar-refractivity contribution in [2.24, 2.45) is 0 Å². The molecule has 2 amide bonds. The molecule has 0 saturated heterocycles. The lowest BCUT2D eigenvalue weighted by atomic mass is 10.1. The van der Waals surface area contributed by atoms with Crippen molar-refractivity contribution in [3.05, 3.63) is 76.3 Å². The first-order valence-electron chi connectivity index (χ1n) is 7.04. The Labute approximate surface area is 147 Å². The molecule has 1 aliphatic rings. The summed E-state index contributed by atoms with van der Waals surface area (Å²) in [5.74, 6) is -0.654. The third-order valence-electron chi connectivity index (χ3n) is 3.85. The summed E-state index contributed by atoms with van der Waals surface area (Å²) in [6, 6.07) is 13.6. The molecule has 1 aliphatic heterocycles. The maximum atomic E-state index is 12.5. The monoisotopic (exact) mass is 357 g/mol. The van der Waals surface area contributed by atoms with E-state index in [0.29, 0.717) is 22.0 Å². The molecule has 1 aromatic heterocycles. The van der Waals surface area contributed by atoms with E-state index in [-0.39, 0.29) is 17.0 Å². The van der Waals surface area contributed by atoms with Gasteiger partial charge in [-0.25, -0.2) is 9.88 Å². The fourth-order valence-corrected chi connectivity index (χ4v) is 3.00. The summed E-state index contributed by atoms with van der Waals surface area (Å²) < 4.78 is 1.61. The number of rotatable bonds is 2. The van der Waals surface area contributed by atoms with Gasteiger partial charge in [0.05, 0.1) is 16.8 Å². The lowest BCUT2D eigenvalue weighted by Crippen LogP contribution is -2.29. The number of anilines is 1. The number of halogens is 2. The summed E-state index contributed by atoms with van der Waals surface area (Å²) in [5.41, 5.74) is 2.04. The quantitative estimate of drug-likeness (QED) is 0.651. The van der Waals surface area contributed by atoms with Gasteiger partial charge < -0.3 is 0 Å². The third kappa shape index (κ3) is 2.13. The summed E-state index contributed by atoms with van der Waals surface area (Å²) in [5, 5.41) is 0.506. The molecule has 118 valence electrons. The van der Waals surface area contributed by atoms with E-state index >= 15 is 0 Å². The van der Waals surface area contributed by atoms with Crippen molar-refractivity contribution < 1.29 is 9.59 Å². The van der Waals surface area contributed by atoms with E-state index in [0.717, 1.165) is 10.6 Å². The Morgan fingerprint density at radius 2 is 1.33 bits per heavy atom. The SMILES string of the molecule is O=C1c2ccccc2C(=O)N1c1ccc(-n2cnc(Cl)c2Cl)cc1. The lowest BCUT2D eigenvalue weighted by Gasteiger charge is -2.14. The molecular weight excluding hydrogens is 349 g/mol. The number of carbonyl (C=O) groups excluding carboxylic acids is 2. The van der Waals surface area contributed by atoms with Crippen LogP contribution in [0.15, 0.2) is 54.9 Å². The summed E-state index contributed by atoms with van der Waals surface area (Å²) in [7, 11) is 0. The standard InChI is InChI=1S/C17H9Cl2N3O2/c18-14-15(19)21(9-20-14)10-5-7-11(8-6-10)22-16(23)12-3-1-2-4-13(12)17(22)24/h1-9H. The van der Waals surface area contributed by atoms with Gasteiger partial charge in [0.25, 0.3) is 11.8 Å². The Morgan fingerprint density at radius 3 is 1.83 bits per heavy atom. The second-order valence-corrected chi connectivity index (χ2v) is 5.92. The molecule has 0 radical (unpaired) electrons. The number of aromatic nitrogens is 2. The highest BCUT2D eigenvalue weighted by Crippen LogP contribution is 2.30. The molecule has 0 bridgehead atoms. The van der Waals surface area contributed by atoms with Crippen molar-refractivity contribution in [2.45, 2.75) is 0 Å². The van der Waals surface area contributed by atoms with Crippen molar-refractivity contribution in [3.63, 3.8) is 0 Å². The van der Waals surface area contributed by atoms with Crippen molar-refractivity contribution in [3.8, 4) is 5.69 Å². The molecule has 0 spiro atoms. The van der Waals surface area contributed by atoms with Crippen LogP contribution in [0, 0.1) is 0 Å². The third-order valence-corrected chi connectivity index (χ3v) is 4.58. The van der Waals surface area contributed by atoms with Crippen LogP contribution in [-0.4, -0.2) is 21.4 Å². The van der Waals surface area contributed by atoms with Gasteiger partial charge in [-0.2, -0.15) is 0 Å². The molecule has 3 aromatic rings. The van der Waals surface area contributed by atoms with Crippen LogP contribution in [0.1, 0.15) is 20.7 Å². The van der Waals surface area contributed by atoms with Gasteiger partial charge in [-0.05, 0) is 36.4 Å². The van der Waals surface area contributed by atoms with Crippen LogP contribution < -0.4 is 4.90 Å². The van der Waals surface area contributed by atoms with Gasteiger partial charge in [-0.3, -0.25) is 14.2 Å². The number of amides is 2. The molecule has 0 atom stereocenters. The van der Waals surface area contributed by atoms with Crippen LogP contribution in [0.2, 0.25) is 10.3 Å². The lowest BCUT2D eigenvalue weighted by molar-refractivity contribution is 0.0926. The molecule has 2 heterocycles. The van der Waals surface area contributed by atoms with E-state index < -0.39 is 0 Å². The van der Waals surface area contributed by atoms with Gasteiger partial charge in [0.15, 0.2) is 10.3 Å². The van der Waals surface area contributed by atoms with E-state index in [1.165, 1.54) is 6.33 Å². The molecule has 24 heavy (non-hydrogen) atoms. The molecule has 4 rings (SSSR count). The average molecular weight is 358 g/mol.